The Morgan fingerprint density at radius 1 is 0.779 bits per heavy atom. The molecule has 5 heterocycles. The smallest absolute Gasteiger partial charge is 0.407 e. The minimum absolute atomic E-state index is 0.108. The fourth-order valence-electron chi connectivity index (χ4n) is 10.1. The third kappa shape index (κ3) is 7.90. The number of imidazole rings is 2. The average molecular weight is 929 g/mol. The highest BCUT2D eigenvalue weighted by Crippen LogP contribution is 2.53. The standard InChI is InChI=1S/C50H50F2N8O8/c1-27(2)41(57-47(63)65-3)45(61)60-26-49(67-19-20-68-49)24-40(60)43-53-25-38(56-43)31-13-16-33-32-15-12-29(21-34(32)50(51,52)35(33)22-31)30-14-17-36-37(23-30)55-44(54-36)39-11-8-18-59(39)46(62)42(58-48(64)66-4)28-9-6-5-7-10-28/h5-7,9-10,12-17,21-23,25,27,39-42H,8,11,18-20,24,26H2,1-4H3,(H,53,56)(H,54,55)(H,57,63)(H,58,64)/t39?,40-,41+,42-/m1/s1. The van der Waals surface area contributed by atoms with E-state index in [1.807, 2.05) is 44.2 Å². The Morgan fingerprint density at radius 2 is 1.44 bits per heavy atom. The lowest BCUT2D eigenvalue weighted by atomic mass is 9.98. The van der Waals surface area contributed by atoms with Gasteiger partial charge in [-0.15, -0.1) is 0 Å². The van der Waals surface area contributed by atoms with Gasteiger partial charge in [0.2, 0.25) is 5.91 Å². The van der Waals surface area contributed by atoms with Gasteiger partial charge < -0.3 is 49.3 Å². The first kappa shape index (κ1) is 44.6. The second kappa shape index (κ2) is 17.5. The van der Waals surface area contributed by atoms with E-state index in [1.54, 1.807) is 58.5 Å². The molecule has 4 aliphatic rings. The van der Waals surface area contributed by atoms with E-state index in [2.05, 4.69) is 20.6 Å². The number of carbonyl (C=O) groups is 4. The number of nitrogens with one attached hydrogen (secondary N) is 4. The molecule has 1 spiro atoms. The summed E-state index contributed by atoms with van der Waals surface area (Å²) in [4.78, 5) is 72.3. The van der Waals surface area contributed by atoms with Crippen molar-refractivity contribution in [1.82, 2.24) is 40.4 Å². The van der Waals surface area contributed by atoms with Gasteiger partial charge in [0.1, 0.15) is 23.7 Å². The second-order valence-electron chi connectivity index (χ2n) is 17.9. The molecule has 10 rings (SSSR count). The van der Waals surface area contributed by atoms with Crippen LogP contribution in [0.2, 0.25) is 0 Å². The number of rotatable bonds is 10. The number of hydrogen-bond acceptors (Lipinski definition) is 10. The average Bonchev–Trinajstić information content (AvgIpc) is 4.23. The molecule has 4 amide bonds. The SMILES string of the molecule is COC(=O)N[C@H](C(=O)N1CC2(C[C@@H]1c1nc(-c3ccc4c(c3)C(F)(F)c3cc(-c5ccc6nc(C7CCCN7C(=O)[C@H](NC(=O)OC)c7ccccc7)[nH]c6c5)ccc3-4)c[nH]1)OCCO2)C(C)C. The van der Waals surface area contributed by atoms with E-state index in [1.165, 1.54) is 26.4 Å². The number of likely N-dealkylation sites (tertiary alicyclic amines) is 2. The summed E-state index contributed by atoms with van der Waals surface area (Å²) in [5.74, 6) is -4.29. The van der Waals surface area contributed by atoms with Crippen molar-refractivity contribution in [2.75, 3.05) is 40.5 Å². The second-order valence-corrected chi connectivity index (χ2v) is 17.9. The third-order valence-corrected chi connectivity index (χ3v) is 13.5. The number of alkyl carbamates (subject to hydrolysis) is 2. The maximum Gasteiger partial charge on any atom is 0.407 e. The number of hydrogen-bond donors (Lipinski definition) is 4. The number of aromatic nitrogens is 4. The monoisotopic (exact) mass is 928 g/mol. The number of nitrogens with zero attached hydrogens (tertiary/aromatic N) is 4. The number of benzene rings is 4. The summed E-state index contributed by atoms with van der Waals surface area (Å²) < 4.78 is 55.0. The molecule has 4 atom stereocenters. The molecule has 0 bridgehead atoms. The maximum atomic E-state index is 16.7. The lowest BCUT2D eigenvalue weighted by Gasteiger charge is -2.30. The van der Waals surface area contributed by atoms with Gasteiger partial charge in [-0.2, -0.15) is 8.78 Å². The van der Waals surface area contributed by atoms with Crippen molar-refractivity contribution in [2.24, 2.45) is 5.92 Å². The summed E-state index contributed by atoms with van der Waals surface area (Å²) in [5, 5.41) is 5.33. The van der Waals surface area contributed by atoms with Crippen LogP contribution < -0.4 is 10.6 Å². The number of aromatic amines is 2. The maximum absolute atomic E-state index is 16.7. The minimum Gasteiger partial charge on any atom is -0.453 e. The molecule has 3 aliphatic heterocycles. The molecule has 6 aromatic rings. The van der Waals surface area contributed by atoms with Gasteiger partial charge in [-0.25, -0.2) is 19.6 Å². The van der Waals surface area contributed by atoms with Gasteiger partial charge in [0.15, 0.2) is 5.79 Å². The van der Waals surface area contributed by atoms with Crippen LogP contribution in [0.3, 0.4) is 0 Å². The van der Waals surface area contributed by atoms with Crippen molar-refractivity contribution < 1.29 is 46.9 Å². The molecule has 18 heteroatoms. The molecule has 4 N–H and O–H groups in total. The van der Waals surface area contributed by atoms with Crippen molar-refractivity contribution in [1.29, 1.82) is 0 Å². The van der Waals surface area contributed by atoms with Gasteiger partial charge in [-0.05, 0) is 70.8 Å². The van der Waals surface area contributed by atoms with Gasteiger partial charge >= 0.3 is 12.2 Å². The van der Waals surface area contributed by atoms with Crippen molar-refractivity contribution in [3.05, 3.63) is 119 Å². The van der Waals surface area contributed by atoms with E-state index < -0.39 is 42.0 Å². The first-order valence-corrected chi connectivity index (χ1v) is 22.6. The molecule has 352 valence electrons. The van der Waals surface area contributed by atoms with Crippen LogP contribution in [-0.4, -0.2) is 106 Å². The van der Waals surface area contributed by atoms with E-state index in [0.717, 1.165) is 6.42 Å². The Morgan fingerprint density at radius 3 is 2.15 bits per heavy atom. The van der Waals surface area contributed by atoms with E-state index in [9.17, 15) is 19.2 Å². The first-order valence-electron chi connectivity index (χ1n) is 22.6. The predicted octanol–water partition coefficient (Wildman–Crippen LogP) is 7.90. The molecule has 3 saturated heterocycles. The molecular weight excluding hydrogens is 879 g/mol. The Balaban J connectivity index is 0.890. The summed E-state index contributed by atoms with van der Waals surface area (Å²) in [6.45, 7) is 4.94. The van der Waals surface area contributed by atoms with E-state index in [0.29, 0.717) is 87.9 Å². The number of halogens is 2. The minimum atomic E-state index is -3.34. The van der Waals surface area contributed by atoms with Crippen LogP contribution in [0.5, 0.6) is 0 Å². The summed E-state index contributed by atoms with van der Waals surface area (Å²) in [5.41, 5.74) is 4.71. The fourth-order valence-corrected chi connectivity index (χ4v) is 10.1. The fraction of sp³-hybridized carbons (Fsp3) is 0.360. The molecule has 4 aromatic carbocycles. The van der Waals surface area contributed by atoms with Gasteiger partial charge in [0.05, 0.1) is 62.8 Å². The largest absolute Gasteiger partial charge is 0.453 e. The van der Waals surface area contributed by atoms with E-state index >= 15 is 8.78 Å². The zero-order chi connectivity index (χ0) is 47.5. The molecule has 2 aromatic heterocycles. The van der Waals surface area contributed by atoms with Crippen LogP contribution in [0.25, 0.3) is 44.5 Å². The molecule has 3 fully saturated rings. The highest BCUT2D eigenvalue weighted by molar-refractivity contribution is 5.89. The van der Waals surface area contributed by atoms with Gasteiger partial charge in [0.25, 0.3) is 11.8 Å². The van der Waals surface area contributed by atoms with E-state index in [-0.39, 0.29) is 47.9 Å². The van der Waals surface area contributed by atoms with Crippen LogP contribution in [-0.2, 0) is 34.5 Å². The van der Waals surface area contributed by atoms with Gasteiger partial charge in [-0.3, -0.25) is 9.59 Å². The first-order chi connectivity index (χ1) is 32.8. The topological polar surface area (TPSA) is 193 Å². The van der Waals surface area contributed by atoms with Crippen LogP contribution in [0.4, 0.5) is 18.4 Å². The zero-order valence-electron chi connectivity index (χ0n) is 37.8. The van der Waals surface area contributed by atoms with E-state index in [4.69, 9.17) is 28.9 Å². The van der Waals surface area contributed by atoms with Crippen LogP contribution in [0, 0.1) is 5.92 Å². The summed E-state index contributed by atoms with van der Waals surface area (Å²) in [6.07, 6.45) is 1.85. The molecule has 1 unspecified atom stereocenters. The molecular formula is C50H50F2N8O8. The number of methoxy groups -OCH3 is 2. The van der Waals surface area contributed by atoms with Crippen molar-refractivity contribution in [2.45, 2.75) is 69.0 Å². The lowest BCUT2D eigenvalue weighted by molar-refractivity contribution is -0.153. The number of ether oxygens (including phenoxy) is 4. The number of carbonyl (C=O) groups excluding carboxylic acids is 4. The summed E-state index contributed by atoms with van der Waals surface area (Å²) in [7, 11) is 2.48. The Kier molecular flexibility index (Phi) is 11.5. The highest BCUT2D eigenvalue weighted by Gasteiger charge is 2.53. The Bertz CT molecular complexity index is 2930. The van der Waals surface area contributed by atoms with Gasteiger partial charge in [-0.1, -0.05) is 74.5 Å². The Labute approximate surface area is 389 Å². The van der Waals surface area contributed by atoms with Crippen LogP contribution in [0.1, 0.15) is 79.6 Å². The molecule has 16 nitrogen and oxygen atoms in total. The van der Waals surface area contributed by atoms with Crippen LogP contribution >= 0.6 is 0 Å². The molecule has 0 radical (unpaired) electrons. The van der Waals surface area contributed by atoms with Crippen molar-refractivity contribution in [3.63, 3.8) is 0 Å². The van der Waals surface area contributed by atoms with Gasteiger partial charge in [0, 0.05) is 35.9 Å². The number of amides is 4. The Hall–Kier alpha value is -7.18. The predicted molar refractivity (Wildman–Crippen MR) is 244 cm³/mol. The number of fused-ring (bicyclic) bond motifs is 4. The number of alkyl halides is 2. The molecule has 1 aliphatic carbocycles. The molecule has 68 heavy (non-hydrogen) atoms. The number of H-pyrrole nitrogens is 2. The van der Waals surface area contributed by atoms with Crippen LogP contribution in [0.15, 0.2) is 91.1 Å². The summed E-state index contributed by atoms with van der Waals surface area (Å²) >= 11 is 0. The normalized spacial score (nSPS) is 19.8. The summed E-state index contributed by atoms with van der Waals surface area (Å²) in [6, 6.07) is 21.7. The van der Waals surface area contributed by atoms with Crippen molar-refractivity contribution >= 4 is 35.0 Å². The lowest BCUT2D eigenvalue weighted by Crippen LogP contribution is -2.52. The highest BCUT2D eigenvalue weighted by atomic mass is 19.3. The quantitative estimate of drug-likeness (QED) is 0.105. The van der Waals surface area contributed by atoms with Crippen molar-refractivity contribution in [3.8, 4) is 33.5 Å². The zero-order valence-corrected chi connectivity index (χ0v) is 37.8. The molecule has 0 saturated carbocycles. The third-order valence-electron chi connectivity index (χ3n) is 13.5.